The highest BCUT2D eigenvalue weighted by Gasteiger charge is 2.41. The van der Waals surface area contributed by atoms with Crippen molar-refractivity contribution in [3.8, 4) is 6.07 Å². The van der Waals surface area contributed by atoms with E-state index >= 15 is 0 Å². The van der Waals surface area contributed by atoms with Crippen molar-refractivity contribution in [2.45, 2.75) is 69.5 Å². The molecular formula is C19H30N4O. The molecule has 1 amide bonds. The maximum absolute atomic E-state index is 13.0. The van der Waals surface area contributed by atoms with Crippen molar-refractivity contribution in [3.63, 3.8) is 0 Å². The van der Waals surface area contributed by atoms with Crippen molar-refractivity contribution in [1.82, 2.24) is 14.7 Å². The standard InChI is InChI=1S/C19H30N4O/c20-12-18-14-22(10-11-23(18)17-6-7-17)19(24)15-8-9-21(13-15)16-4-2-1-3-5-16/h15-18H,1-11,13-14H2/t15-,18+/m1/s1. The van der Waals surface area contributed by atoms with Crippen LogP contribution in [0.1, 0.15) is 51.4 Å². The lowest BCUT2D eigenvalue weighted by Gasteiger charge is -2.39. The molecule has 0 unspecified atom stereocenters. The van der Waals surface area contributed by atoms with Gasteiger partial charge in [-0.3, -0.25) is 14.6 Å². The molecule has 2 saturated carbocycles. The van der Waals surface area contributed by atoms with Crippen molar-refractivity contribution in [1.29, 1.82) is 5.26 Å². The van der Waals surface area contributed by atoms with Gasteiger partial charge in [0.2, 0.25) is 5.91 Å². The number of hydrogen-bond donors (Lipinski definition) is 0. The quantitative estimate of drug-likeness (QED) is 0.792. The Bertz CT molecular complexity index is 506. The van der Waals surface area contributed by atoms with E-state index in [0.717, 1.165) is 38.6 Å². The largest absolute Gasteiger partial charge is 0.338 e. The molecule has 4 fully saturated rings. The topological polar surface area (TPSA) is 50.6 Å². The Morgan fingerprint density at radius 2 is 1.67 bits per heavy atom. The van der Waals surface area contributed by atoms with Gasteiger partial charge in [-0.25, -0.2) is 0 Å². The molecule has 0 radical (unpaired) electrons. The maximum atomic E-state index is 13.0. The number of piperazine rings is 1. The molecule has 132 valence electrons. The number of rotatable bonds is 3. The number of amides is 1. The zero-order valence-corrected chi connectivity index (χ0v) is 14.7. The van der Waals surface area contributed by atoms with Crippen molar-refractivity contribution in [2.75, 3.05) is 32.7 Å². The number of carbonyl (C=O) groups is 1. The van der Waals surface area contributed by atoms with Crippen LogP contribution in [0.3, 0.4) is 0 Å². The van der Waals surface area contributed by atoms with E-state index in [4.69, 9.17) is 0 Å². The third-order valence-corrected chi connectivity index (χ3v) is 6.56. The summed E-state index contributed by atoms with van der Waals surface area (Å²) in [5.74, 6) is 0.475. The van der Waals surface area contributed by atoms with Crippen LogP contribution in [-0.2, 0) is 4.79 Å². The summed E-state index contributed by atoms with van der Waals surface area (Å²) in [5.41, 5.74) is 0. The third-order valence-electron chi connectivity index (χ3n) is 6.56. The lowest BCUT2D eigenvalue weighted by Crippen LogP contribution is -2.56. The molecule has 0 aromatic heterocycles. The molecule has 0 spiro atoms. The Morgan fingerprint density at radius 1 is 0.875 bits per heavy atom. The van der Waals surface area contributed by atoms with Gasteiger partial charge in [0.15, 0.2) is 0 Å². The fourth-order valence-electron chi connectivity index (χ4n) is 4.98. The van der Waals surface area contributed by atoms with E-state index in [1.807, 2.05) is 4.90 Å². The first-order valence-corrected chi connectivity index (χ1v) is 9.94. The summed E-state index contributed by atoms with van der Waals surface area (Å²) in [6, 6.07) is 3.67. The van der Waals surface area contributed by atoms with Crippen LogP contribution in [0.2, 0.25) is 0 Å². The zero-order valence-electron chi connectivity index (χ0n) is 14.7. The normalized spacial score (nSPS) is 33.5. The summed E-state index contributed by atoms with van der Waals surface area (Å²) in [7, 11) is 0. The van der Waals surface area contributed by atoms with Crippen molar-refractivity contribution in [2.24, 2.45) is 5.92 Å². The zero-order chi connectivity index (χ0) is 16.5. The van der Waals surface area contributed by atoms with Crippen LogP contribution >= 0.6 is 0 Å². The summed E-state index contributed by atoms with van der Waals surface area (Å²) in [4.78, 5) is 19.8. The predicted octanol–water partition coefficient (Wildman–Crippen LogP) is 1.84. The number of likely N-dealkylation sites (tertiary alicyclic amines) is 1. The molecule has 5 nitrogen and oxygen atoms in total. The summed E-state index contributed by atoms with van der Waals surface area (Å²) in [6.45, 7) is 4.35. The predicted molar refractivity (Wildman–Crippen MR) is 92.3 cm³/mol. The summed E-state index contributed by atoms with van der Waals surface area (Å²) < 4.78 is 0. The van der Waals surface area contributed by atoms with Gasteiger partial charge in [0, 0.05) is 38.3 Å². The van der Waals surface area contributed by atoms with E-state index in [9.17, 15) is 10.1 Å². The average molecular weight is 330 g/mol. The Labute approximate surface area is 145 Å². The minimum absolute atomic E-state index is 0.0916. The fourth-order valence-corrected chi connectivity index (χ4v) is 4.98. The van der Waals surface area contributed by atoms with Crippen LogP contribution < -0.4 is 0 Å². The molecule has 4 aliphatic rings. The molecule has 5 heteroatoms. The van der Waals surface area contributed by atoms with Crippen LogP contribution in [0.4, 0.5) is 0 Å². The highest BCUT2D eigenvalue weighted by atomic mass is 16.2. The highest BCUT2D eigenvalue weighted by molar-refractivity contribution is 5.79. The molecule has 2 saturated heterocycles. The first-order valence-electron chi connectivity index (χ1n) is 9.94. The molecule has 2 atom stereocenters. The SMILES string of the molecule is N#C[C@H]1CN(C(=O)[C@@H]2CCN(C3CCCCC3)C2)CCN1C1CC1. The van der Waals surface area contributed by atoms with E-state index in [0.29, 0.717) is 18.5 Å². The monoisotopic (exact) mass is 330 g/mol. The van der Waals surface area contributed by atoms with Gasteiger partial charge in [0.25, 0.3) is 0 Å². The van der Waals surface area contributed by atoms with Crippen LogP contribution in [0.5, 0.6) is 0 Å². The van der Waals surface area contributed by atoms with Crippen molar-refractivity contribution in [3.05, 3.63) is 0 Å². The number of nitrogens with zero attached hydrogens (tertiary/aromatic N) is 4. The van der Waals surface area contributed by atoms with E-state index in [-0.39, 0.29) is 12.0 Å². The minimum Gasteiger partial charge on any atom is -0.338 e. The molecule has 2 heterocycles. The first kappa shape index (κ1) is 16.4. The molecule has 2 aliphatic heterocycles. The van der Waals surface area contributed by atoms with Gasteiger partial charge >= 0.3 is 0 Å². The van der Waals surface area contributed by atoms with Gasteiger partial charge in [-0.15, -0.1) is 0 Å². The lowest BCUT2D eigenvalue weighted by atomic mass is 9.94. The molecule has 4 rings (SSSR count). The van der Waals surface area contributed by atoms with Crippen molar-refractivity contribution >= 4 is 5.91 Å². The third kappa shape index (κ3) is 3.32. The van der Waals surface area contributed by atoms with E-state index in [1.54, 1.807) is 0 Å². The van der Waals surface area contributed by atoms with Crippen LogP contribution in [0.25, 0.3) is 0 Å². The fraction of sp³-hybridized carbons (Fsp3) is 0.895. The molecule has 0 aromatic carbocycles. The average Bonchev–Trinajstić information content (AvgIpc) is 3.37. The van der Waals surface area contributed by atoms with Crippen LogP contribution in [-0.4, -0.2) is 71.5 Å². The van der Waals surface area contributed by atoms with E-state index in [1.165, 1.54) is 44.9 Å². The second kappa shape index (κ2) is 7.01. The maximum Gasteiger partial charge on any atom is 0.227 e. The number of hydrogen-bond acceptors (Lipinski definition) is 4. The van der Waals surface area contributed by atoms with Crippen molar-refractivity contribution < 1.29 is 4.79 Å². The Morgan fingerprint density at radius 3 is 2.38 bits per heavy atom. The van der Waals surface area contributed by atoms with Gasteiger partial charge in [-0.05, 0) is 38.6 Å². The summed E-state index contributed by atoms with van der Waals surface area (Å²) >= 11 is 0. The molecule has 24 heavy (non-hydrogen) atoms. The molecule has 0 N–H and O–H groups in total. The van der Waals surface area contributed by atoms with Gasteiger partial charge < -0.3 is 4.90 Å². The van der Waals surface area contributed by atoms with E-state index in [2.05, 4.69) is 15.9 Å². The molecular weight excluding hydrogens is 300 g/mol. The van der Waals surface area contributed by atoms with Gasteiger partial charge in [-0.1, -0.05) is 19.3 Å². The summed E-state index contributed by atoms with van der Waals surface area (Å²) in [6.07, 6.45) is 10.2. The molecule has 2 aliphatic carbocycles. The second-order valence-corrected chi connectivity index (χ2v) is 8.17. The van der Waals surface area contributed by atoms with Crippen LogP contribution in [0, 0.1) is 17.2 Å². The summed E-state index contributed by atoms with van der Waals surface area (Å²) in [5, 5.41) is 9.48. The van der Waals surface area contributed by atoms with E-state index < -0.39 is 0 Å². The van der Waals surface area contributed by atoms with Gasteiger partial charge in [0.05, 0.1) is 12.0 Å². The molecule has 0 bridgehead atoms. The smallest absolute Gasteiger partial charge is 0.227 e. The minimum atomic E-state index is -0.0916. The molecule has 0 aromatic rings. The first-order chi connectivity index (χ1) is 11.8. The number of nitriles is 1. The lowest BCUT2D eigenvalue weighted by molar-refractivity contribution is -0.137. The van der Waals surface area contributed by atoms with Gasteiger partial charge in [0.1, 0.15) is 6.04 Å². The number of carbonyl (C=O) groups excluding carboxylic acids is 1. The van der Waals surface area contributed by atoms with Crippen LogP contribution in [0.15, 0.2) is 0 Å². The Hall–Kier alpha value is -1.12. The Balaban J connectivity index is 1.32. The highest BCUT2D eigenvalue weighted by Crippen LogP contribution is 2.32. The van der Waals surface area contributed by atoms with Gasteiger partial charge in [-0.2, -0.15) is 5.26 Å². The Kier molecular flexibility index (Phi) is 4.78. The second-order valence-electron chi connectivity index (χ2n) is 8.17.